The van der Waals surface area contributed by atoms with Crippen LogP contribution in [0.2, 0.25) is 0 Å². The molecular formula is C15H22N2O3S. The first kappa shape index (κ1) is 16.0. The lowest BCUT2D eigenvalue weighted by atomic mass is 10.1. The molecule has 1 unspecified atom stereocenters. The average molecular weight is 310 g/mol. The fraction of sp³-hybridized carbons (Fsp3) is 0.533. The van der Waals surface area contributed by atoms with Crippen molar-refractivity contribution in [1.82, 2.24) is 10.6 Å². The summed E-state index contributed by atoms with van der Waals surface area (Å²) in [5.41, 5.74) is 1.29. The second kappa shape index (κ2) is 7.56. The molecule has 6 heteroatoms. The average Bonchev–Trinajstić information content (AvgIpc) is 2.78. The predicted molar refractivity (Wildman–Crippen MR) is 82.8 cm³/mol. The van der Waals surface area contributed by atoms with Crippen LogP contribution in [-0.4, -0.2) is 45.0 Å². The van der Waals surface area contributed by atoms with E-state index in [2.05, 4.69) is 22.8 Å². The van der Waals surface area contributed by atoms with Gasteiger partial charge in [0.15, 0.2) is 9.84 Å². The fourth-order valence-electron chi connectivity index (χ4n) is 2.45. The monoisotopic (exact) mass is 310 g/mol. The van der Waals surface area contributed by atoms with Crippen LogP contribution in [-0.2, 0) is 21.1 Å². The fourth-order valence-corrected chi connectivity index (χ4v) is 4.13. The molecule has 1 atom stereocenters. The molecule has 2 rings (SSSR count). The van der Waals surface area contributed by atoms with Crippen molar-refractivity contribution in [3.63, 3.8) is 0 Å². The maximum absolute atomic E-state index is 11.7. The molecule has 1 fully saturated rings. The third kappa shape index (κ3) is 5.85. The van der Waals surface area contributed by atoms with E-state index in [-0.39, 0.29) is 30.0 Å². The number of hydrogen-bond acceptors (Lipinski definition) is 4. The van der Waals surface area contributed by atoms with E-state index in [1.807, 2.05) is 18.2 Å². The van der Waals surface area contributed by atoms with Crippen molar-refractivity contribution in [3.8, 4) is 0 Å². The van der Waals surface area contributed by atoms with Crippen molar-refractivity contribution in [3.05, 3.63) is 35.9 Å². The largest absolute Gasteiger partial charge is 0.351 e. The number of carbonyl (C=O) groups is 1. The van der Waals surface area contributed by atoms with Crippen molar-refractivity contribution in [2.24, 2.45) is 0 Å². The molecule has 1 aromatic rings. The first-order chi connectivity index (χ1) is 10.1. The molecule has 1 heterocycles. The summed E-state index contributed by atoms with van der Waals surface area (Å²) < 4.78 is 22.6. The summed E-state index contributed by atoms with van der Waals surface area (Å²) in [4.78, 5) is 11.7. The van der Waals surface area contributed by atoms with Crippen LogP contribution in [0.25, 0.3) is 0 Å². The number of hydrogen-bond donors (Lipinski definition) is 2. The lowest BCUT2D eigenvalue weighted by molar-refractivity contribution is -0.120. The molecule has 0 bridgehead atoms. The molecule has 0 aliphatic carbocycles. The van der Waals surface area contributed by atoms with E-state index in [1.54, 1.807) is 0 Å². The zero-order valence-electron chi connectivity index (χ0n) is 12.0. The summed E-state index contributed by atoms with van der Waals surface area (Å²) in [6, 6.07) is 10.0. The summed E-state index contributed by atoms with van der Waals surface area (Å²) in [6.07, 6.45) is 2.48. The van der Waals surface area contributed by atoms with E-state index >= 15 is 0 Å². The van der Waals surface area contributed by atoms with E-state index in [0.717, 1.165) is 19.4 Å². The number of sulfone groups is 1. The van der Waals surface area contributed by atoms with Gasteiger partial charge in [0.2, 0.25) is 5.91 Å². The van der Waals surface area contributed by atoms with Gasteiger partial charge in [0.1, 0.15) is 0 Å². The summed E-state index contributed by atoms with van der Waals surface area (Å²) in [6.45, 7) is 1.01. The second-order valence-electron chi connectivity index (χ2n) is 5.43. The normalized spacial score (nSPS) is 20.3. The lowest BCUT2D eigenvalue weighted by Gasteiger charge is -2.11. The molecule has 1 aliphatic heterocycles. The number of carbonyl (C=O) groups excluding carboxylic acids is 1. The Labute approximate surface area is 126 Å². The molecule has 1 saturated heterocycles. The van der Waals surface area contributed by atoms with Crippen molar-refractivity contribution in [2.45, 2.75) is 25.3 Å². The molecular weight excluding hydrogens is 288 g/mol. The Morgan fingerprint density at radius 2 is 2.00 bits per heavy atom. The highest BCUT2D eigenvalue weighted by molar-refractivity contribution is 7.91. The number of nitrogens with one attached hydrogen (secondary N) is 2. The van der Waals surface area contributed by atoms with Crippen molar-refractivity contribution in [1.29, 1.82) is 0 Å². The third-order valence-electron chi connectivity index (χ3n) is 3.54. The quantitative estimate of drug-likeness (QED) is 0.720. The standard InChI is InChI=1S/C15H22N2O3S/c18-15(17-14-8-10-21(19,20)12-14)11-16-9-4-7-13-5-2-1-3-6-13/h1-3,5-6,14,16H,4,7-12H2,(H,17,18). The minimum absolute atomic E-state index is 0.0761. The Kier molecular flexibility index (Phi) is 5.76. The molecule has 21 heavy (non-hydrogen) atoms. The van der Waals surface area contributed by atoms with Crippen molar-refractivity contribution < 1.29 is 13.2 Å². The van der Waals surface area contributed by atoms with E-state index in [0.29, 0.717) is 6.42 Å². The van der Waals surface area contributed by atoms with Gasteiger partial charge >= 0.3 is 0 Å². The Hall–Kier alpha value is -1.40. The SMILES string of the molecule is O=C(CNCCCc1ccccc1)NC1CCS(=O)(=O)C1. The molecule has 1 amide bonds. The van der Waals surface area contributed by atoms with Gasteiger partial charge in [-0.25, -0.2) is 8.42 Å². The maximum Gasteiger partial charge on any atom is 0.234 e. The van der Waals surface area contributed by atoms with Gasteiger partial charge in [-0.2, -0.15) is 0 Å². The predicted octanol–water partition coefficient (Wildman–Crippen LogP) is 0.512. The maximum atomic E-state index is 11.7. The molecule has 1 aromatic carbocycles. The van der Waals surface area contributed by atoms with Gasteiger partial charge in [-0.3, -0.25) is 4.79 Å². The van der Waals surface area contributed by atoms with Crippen LogP contribution in [0, 0.1) is 0 Å². The van der Waals surface area contributed by atoms with Gasteiger partial charge < -0.3 is 10.6 Å². The van der Waals surface area contributed by atoms with Crippen LogP contribution in [0.15, 0.2) is 30.3 Å². The molecule has 2 N–H and O–H groups in total. The van der Waals surface area contributed by atoms with Crippen LogP contribution in [0.1, 0.15) is 18.4 Å². The van der Waals surface area contributed by atoms with Gasteiger partial charge in [-0.05, 0) is 31.4 Å². The van der Waals surface area contributed by atoms with Gasteiger partial charge in [-0.1, -0.05) is 30.3 Å². The number of rotatable bonds is 7. The van der Waals surface area contributed by atoms with E-state index in [4.69, 9.17) is 0 Å². The minimum Gasteiger partial charge on any atom is -0.351 e. The molecule has 116 valence electrons. The Balaban J connectivity index is 1.55. The van der Waals surface area contributed by atoms with Gasteiger partial charge in [0.05, 0.1) is 18.1 Å². The van der Waals surface area contributed by atoms with Crippen molar-refractivity contribution in [2.75, 3.05) is 24.6 Å². The summed E-state index contributed by atoms with van der Waals surface area (Å²) in [5, 5.41) is 5.85. The zero-order chi connectivity index (χ0) is 15.1. The minimum atomic E-state index is -2.94. The summed E-state index contributed by atoms with van der Waals surface area (Å²) in [5.74, 6) is 0.131. The molecule has 5 nitrogen and oxygen atoms in total. The van der Waals surface area contributed by atoms with Gasteiger partial charge in [0.25, 0.3) is 0 Å². The number of amides is 1. The molecule has 0 spiro atoms. The van der Waals surface area contributed by atoms with Crippen LogP contribution in [0.5, 0.6) is 0 Å². The second-order valence-corrected chi connectivity index (χ2v) is 7.66. The molecule has 0 radical (unpaired) electrons. The molecule has 0 saturated carbocycles. The van der Waals surface area contributed by atoms with E-state index < -0.39 is 9.84 Å². The zero-order valence-corrected chi connectivity index (χ0v) is 12.9. The Bertz CT molecular complexity index is 558. The highest BCUT2D eigenvalue weighted by atomic mass is 32.2. The first-order valence-corrected chi connectivity index (χ1v) is 9.12. The Morgan fingerprint density at radius 3 is 2.67 bits per heavy atom. The van der Waals surface area contributed by atoms with E-state index in [1.165, 1.54) is 5.56 Å². The Morgan fingerprint density at radius 1 is 1.24 bits per heavy atom. The van der Waals surface area contributed by atoms with Crippen LogP contribution < -0.4 is 10.6 Å². The van der Waals surface area contributed by atoms with Crippen LogP contribution >= 0.6 is 0 Å². The third-order valence-corrected chi connectivity index (χ3v) is 5.31. The van der Waals surface area contributed by atoms with Crippen LogP contribution in [0.3, 0.4) is 0 Å². The number of aryl methyl sites for hydroxylation is 1. The van der Waals surface area contributed by atoms with Gasteiger partial charge in [-0.15, -0.1) is 0 Å². The topological polar surface area (TPSA) is 75.3 Å². The van der Waals surface area contributed by atoms with Crippen LogP contribution in [0.4, 0.5) is 0 Å². The highest BCUT2D eigenvalue weighted by Gasteiger charge is 2.28. The first-order valence-electron chi connectivity index (χ1n) is 7.29. The highest BCUT2D eigenvalue weighted by Crippen LogP contribution is 2.10. The summed E-state index contributed by atoms with van der Waals surface area (Å²) >= 11 is 0. The van der Waals surface area contributed by atoms with Gasteiger partial charge in [0, 0.05) is 6.04 Å². The summed E-state index contributed by atoms with van der Waals surface area (Å²) in [7, 11) is -2.94. The molecule has 1 aliphatic rings. The lowest BCUT2D eigenvalue weighted by Crippen LogP contribution is -2.41. The van der Waals surface area contributed by atoms with Crippen molar-refractivity contribution >= 4 is 15.7 Å². The molecule has 0 aromatic heterocycles. The van der Waals surface area contributed by atoms with E-state index in [9.17, 15) is 13.2 Å². The smallest absolute Gasteiger partial charge is 0.234 e. The number of benzene rings is 1.